The minimum Gasteiger partial charge on any atom is -0.382 e. The van der Waals surface area contributed by atoms with E-state index in [9.17, 15) is 4.79 Å². The Labute approximate surface area is 185 Å². The number of nitrogens with zero attached hydrogens (tertiary/aromatic N) is 2. The highest BCUT2D eigenvalue weighted by Crippen LogP contribution is 2.37. The number of aromatic amines is 1. The lowest BCUT2D eigenvalue weighted by Gasteiger charge is -2.14. The summed E-state index contributed by atoms with van der Waals surface area (Å²) >= 11 is 0. The van der Waals surface area contributed by atoms with Gasteiger partial charge in [-0.3, -0.25) is 10.1 Å². The largest absolute Gasteiger partial charge is 0.382 e. The Kier molecular flexibility index (Phi) is 5.98. The average Bonchev–Trinajstić information content (AvgIpc) is 3.22. The second-order valence-electron chi connectivity index (χ2n) is 6.87. The average molecular weight is 425 g/mol. The van der Waals surface area contributed by atoms with Gasteiger partial charge in [-0.15, -0.1) is 0 Å². The first kappa shape index (κ1) is 20.9. The minimum absolute atomic E-state index is 0.304. The van der Waals surface area contributed by atoms with Crippen LogP contribution in [0.1, 0.15) is 13.8 Å². The van der Waals surface area contributed by atoms with Crippen LogP contribution in [0.25, 0.3) is 32.8 Å². The Hall–Kier alpha value is -4.39. The van der Waals surface area contributed by atoms with Gasteiger partial charge in [-0.05, 0) is 29.1 Å². The third kappa shape index (κ3) is 3.96. The first-order chi connectivity index (χ1) is 15.7. The zero-order chi connectivity index (χ0) is 22.5. The zero-order valence-electron chi connectivity index (χ0n) is 17.9. The van der Waals surface area contributed by atoms with Crippen LogP contribution < -0.4 is 16.4 Å². The van der Waals surface area contributed by atoms with Crippen LogP contribution in [0.3, 0.4) is 0 Å². The summed E-state index contributed by atoms with van der Waals surface area (Å²) in [6.45, 7) is 4.00. The number of amides is 2. The van der Waals surface area contributed by atoms with E-state index >= 15 is 0 Å². The number of nitrogens with one attached hydrogen (secondary N) is 3. The van der Waals surface area contributed by atoms with Gasteiger partial charge in [0.1, 0.15) is 0 Å². The molecule has 7 nitrogen and oxygen atoms in total. The number of carbonyl (C=O) groups is 1. The van der Waals surface area contributed by atoms with Crippen LogP contribution in [-0.4, -0.2) is 21.2 Å². The van der Waals surface area contributed by atoms with Crippen molar-refractivity contribution in [3.63, 3.8) is 0 Å². The fourth-order valence-electron chi connectivity index (χ4n) is 3.65. The number of pyridine rings is 1. The molecule has 0 saturated carbocycles. The number of nitrogens with two attached hydrogens (primary N) is 1. The van der Waals surface area contributed by atoms with E-state index in [1.807, 2.05) is 80.6 Å². The van der Waals surface area contributed by atoms with Crippen molar-refractivity contribution >= 4 is 44.9 Å². The summed E-state index contributed by atoms with van der Waals surface area (Å²) in [6.07, 6.45) is 3.49. The molecule has 32 heavy (non-hydrogen) atoms. The van der Waals surface area contributed by atoms with Crippen LogP contribution in [-0.2, 0) is 0 Å². The summed E-state index contributed by atoms with van der Waals surface area (Å²) in [6, 6.07) is 20.8. The van der Waals surface area contributed by atoms with Gasteiger partial charge < -0.3 is 16.4 Å². The molecular weight excluding hydrogens is 400 g/mol. The van der Waals surface area contributed by atoms with Crippen LogP contribution in [0.4, 0.5) is 22.0 Å². The van der Waals surface area contributed by atoms with Gasteiger partial charge in [-0.1, -0.05) is 62.4 Å². The Morgan fingerprint density at radius 2 is 1.56 bits per heavy atom. The lowest BCUT2D eigenvalue weighted by molar-refractivity contribution is 0.262. The van der Waals surface area contributed by atoms with Crippen molar-refractivity contribution in [3.05, 3.63) is 79.1 Å². The molecule has 0 aliphatic carbocycles. The SMILES string of the molecule is CC.Nc1n[nH]c2cncc(-c3ccc(NC(=O)Nc4ccccc4)c4ccccc34)c12. The van der Waals surface area contributed by atoms with Crippen LogP contribution in [0.15, 0.2) is 79.1 Å². The predicted molar refractivity (Wildman–Crippen MR) is 132 cm³/mol. The summed E-state index contributed by atoms with van der Waals surface area (Å²) in [5.41, 5.74) is 10.2. The van der Waals surface area contributed by atoms with E-state index in [-0.39, 0.29) is 6.03 Å². The molecule has 5 aromatic rings. The summed E-state index contributed by atoms with van der Waals surface area (Å²) in [5, 5.41) is 15.5. The van der Waals surface area contributed by atoms with Crippen LogP contribution >= 0.6 is 0 Å². The van der Waals surface area contributed by atoms with Gasteiger partial charge in [0.2, 0.25) is 0 Å². The van der Waals surface area contributed by atoms with Gasteiger partial charge in [0, 0.05) is 22.8 Å². The van der Waals surface area contributed by atoms with Gasteiger partial charge >= 0.3 is 6.03 Å². The maximum atomic E-state index is 12.5. The van der Waals surface area contributed by atoms with E-state index in [2.05, 4.69) is 25.8 Å². The first-order valence-corrected chi connectivity index (χ1v) is 10.4. The number of H-pyrrole nitrogens is 1. The third-order valence-corrected chi connectivity index (χ3v) is 4.99. The minimum atomic E-state index is -0.304. The number of benzene rings is 3. The molecule has 0 aliphatic rings. The van der Waals surface area contributed by atoms with Crippen molar-refractivity contribution in [2.24, 2.45) is 0 Å². The Morgan fingerprint density at radius 1 is 0.844 bits per heavy atom. The van der Waals surface area contributed by atoms with Crippen molar-refractivity contribution in [2.45, 2.75) is 13.8 Å². The molecular formula is C25H24N6O. The molecule has 0 radical (unpaired) electrons. The second kappa shape index (κ2) is 9.18. The monoisotopic (exact) mass is 424 g/mol. The predicted octanol–water partition coefficient (Wildman–Crippen LogP) is 6.03. The Morgan fingerprint density at radius 3 is 2.34 bits per heavy atom. The quantitative estimate of drug-likeness (QED) is 0.283. The standard InChI is InChI=1S/C23H18N6O.C2H6/c24-22-21-18(12-25-13-20(21)28-29-22)16-10-11-19(17-9-5-4-8-15(16)17)27-23(30)26-14-6-2-1-3-7-14;1-2/h1-13H,(H3,24,28,29)(H2,26,27,30);1-2H3. The van der Waals surface area contributed by atoms with Gasteiger partial charge in [-0.2, -0.15) is 5.10 Å². The Balaban J connectivity index is 0.00000119. The van der Waals surface area contributed by atoms with E-state index in [0.29, 0.717) is 11.5 Å². The summed E-state index contributed by atoms with van der Waals surface area (Å²) in [5.74, 6) is 0.427. The number of rotatable bonds is 3. The summed E-state index contributed by atoms with van der Waals surface area (Å²) < 4.78 is 0. The smallest absolute Gasteiger partial charge is 0.323 e. The van der Waals surface area contributed by atoms with Gasteiger partial charge in [-0.25, -0.2) is 4.79 Å². The number of nitrogen functional groups attached to an aromatic ring is 1. The molecule has 5 N–H and O–H groups in total. The van der Waals surface area contributed by atoms with Crippen LogP contribution in [0, 0.1) is 0 Å². The molecule has 0 bridgehead atoms. The highest BCUT2D eigenvalue weighted by atomic mass is 16.2. The molecule has 3 aromatic carbocycles. The normalized spacial score (nSPS) is 10.4. The maximum absolute atomic E-state index is 12.5. The molecule has 0 atom stereocenters. The van der Waals surface area contributed by atoms with Crippen LogP contribution in [0.2, 0.25) is 0 Å². The number of para-hydroxylation sites is 1. The van der Waals surface area contributed by atoms with Crippen LogP contribution in [0.5, 0.6) is 0 Å². The summed E-state index contributed by atoms with van der Waals surface area (Å²) in [4.78, 5) is 16.8. The molecule has 160 valence electrons. The molecule has 0 fully saturated rings. The first-order valence-electron chi connectivity index (χ1n) is 10.4. The summed E-state index contributed by atoms with van der Waals surface area (Å²) in [7, 11) is 0. The fourth-order valence-corrected chi connectivity index (χ4v) is 3.65. The topological polar surface area (TPSA) is 109 Å². The molecule has 2 amide bonds. The van der Waals surface area contributed by atoms with Crippen molar-refractivity contribution in [3.8, 4) is 11.1 Å². The number of anilines is 3. The van der Waals surface area contributed by atoms with Gasteiger partial charge in [0.05, 0.1) is 22.8 Å². The lowest BCUT2D eigenvalue weighted by atomic mass is 9.96. The number of urea groups is 1. The molecule has 2 heterocycles. The van der Waals surface area contributed by atoms with E-state index in [4.69, 9.17) is 5.73 Å². The maximum Gasteiger partial charge on any atom is 0.323 e. The fraction of sp³-hybridized carbons (Fsp3) is 0.0800. The number of aromatic nitrogens is 3. The van der Waals surface area contributed by atoms with E-state index in [1.54, 1.807) is 12.4 Å². The van der Waals surface area contributed by atoms with E-state index < -0.39 is 0 Å². The molecule has 7 heteroatoms. The highest BCUT2D eigenvalue weighted by molar-refractivity contribution is 6.13. The highest BCUT2D eigenvalue weighted by Gasteiger charge is 2.15. The lowest BCUT2D eigenvalue weighted by Crippen LogP contribution is -2.19. The molecule has 0 spiro atoms. The molecule has 0 unspecified atom stereocenters. The van der Waals surface area contributed by atoms with E-state index in [0.717, 1.165) is 38.5 Å². The van der Waals surface area contributed by atoms with Crippen molar-refractivity contribution in [2.75, 3.05) is 16.4 Å². The van der Waals surface area contributed by atoms with E-state index in [1.165, 1.54) is 0 Å². The second-order valence-corrected chi connectivity index (χ2v) is 6.87. The van der Waals surface area contributed by atoms with Crippen molar-refractivity contribution in [1.29, 1.82) is 0 Å². The number of hydrogen-bond donors (Lipinski definition) is 4. The van der Waals surface area contributed by atoms with Gasteiger partial charge in [0.15, 0.2) is 5.82 Å². The number of fused-ring (bicyclic) bond motifs is 2. The van der Waals surface area contributed by atoms with Crippen molar-refractivity contribution in [1.82, 2.24) is 15.2 Å². The third-order valence-electron chi connectivity index (χ3n) is 4.99. The number of carbonyl (C=O) groups excluding carboxylic acids is 1. The number of hydrogen-bond acceptors (Lipinski definition) is 4. The zero-order valence-corrected chi connectivity index (χ0v) is 17.9. The molecule has 5 rings (SSSR count). The molecule has 0 aliphatic heterocycles. The van der Waals surface area contributed by atoms with Gasteiger partial charge in [0.25, 0.3) is 0 Å². The molecule has 0 saturated heterocycles. The van der Waals surface area contributed by atoms with Crippen molar-refractivity contribution < 1.29 is 4.79 Å². The molecule has 2 aromatic heterocycles. The Bertz CT molecular complexity index is 1380.